The lowest BCUT2D eigenvalue weighted by Gasteiger charge is -2.19. The Morgan fingerprint density at radius 1 is 1.00 bits per heavy atom. The van der Waals surface area contributed by atoms with E-state index in [1.807, 2.05) is 6.07 Å². The molecule has 0 atom stereocenters. The summed E-state index contributed by atoms with van der Waals surface area (Å²) in [5.41, 5.74) is 8.57. The zero-order valence-corrected chi connectivity index (χ0v) is 11.3. The van der Waals surface area contributed by atoms with Crippen LogP contribution < -0.4 is 5.73 Å². The molecule has 0 unspecified atom stereocenters. The van der Waals surface area contributed by atoms with Crippen molar-refractivity contribution >= 4 is 27.9 Å². The maximum atomic E-state index is 5.59. The molecule has 0 saturated heterocycles. The summed E-state index contributed by atoms with van der Waals surface area (Å²) in [7, 11) is 0. The first-order chi connectivity index (χ1) is 8.93. The maximum absolute atomic E-state index is 5.59. The van der Waals surface area contributed by atoms with Crippen molar-refractivity contribution in [2.24, 2.45) is 0 Å². The van der Waals surface area contributed by atoms with E-state index in [1.54, 1.807) is 6.20 Å². The minimum Gasteiger partial charge on any atom is -0.368 e. The highest BCUT2D eigenvalue weighted by Crippen LogP contribution is 2.26. The number of hydrogen-bond donors (Lipinski definition) is 1. The molecule has 2 aromatic heterocycles. The van der Waals surface area contributed by atoms with Gasteiger partial charge in [0.1, 0.15) is 0 Å². The number of nitrogens with zero attached hydrogens (tertiary/aromatic N) is 3. The highest BCUT2D eigenvalue weighted by atomic mass is 15.0. The van der Waals surface area contributed by atoms with E-state index in [9.17, 15) is 0 Å². The third kappa shape index (κ3) is 2.10. The predicted octanol–water partition coefficient (Wildman–Crippen LogP) is 3.06. The number of fused-ring (bicyclic) bond motifs is 2. The lowest BCUT2D eigenvalue weighted by Crippen LogP contribution is -2.10. The van der Waals surface area contributed by atoms with Gasteiger partial charge in [-0.15, -0.1) is 0 Å². The molecule has 0 aliphatic heterocycles. The zero-order chi connectivity index (χ0) is 13.6. The standard InChI is InChI=1S/C15H16N4/c1-15(2,3)11-4-5-12-9(7-11)6-10-8-17-14(16)19-13(10)18-12/h4-8H,1-3H3,(H2,16,17,18,19). The summed E-state index contributed by atoms with van der Waals surface area (Å²) in [4.78, 5) is 12.7. The molecule has 0 saturated carbocycles. The Kier molecular flexibility index (Phi) is 2.42. The van der Waals surface area contributed by atoms with Gasteiger partial charge in [0.15, 0.2) is 5.65 Å². The Morgan fingerprint density at radius 3 is 2.53 bits per heavy atom. The quantitative estimate of drug-likeness (QED) is 0.624. The monoisotopic (exact) mass is 252 g/mol. The average molecular weight is 252 g/mol. The van der Waals surface area contributed by atoms with Crippen molar-refractivity contribution in [3.8, 4) is 0 Å². The van der Waals surface area contributed by atoms with E-state index in [0.717, 1.165) is 16.3 Å². The smallest absolute Gasteiger partial charge is 0.222 e. The van der Waals surface area contributed by atoms with Crippen molar-refractivity contribution in [2.75, 3.05) is 5.73 Å². The van der Waals surface area contributed by atoms with Gasteiger partial charge in [0.25, 0.3) is 0 Å². The maximum Gasteiger partial charge on any atom is 0.222 e. The molecule has 0 fully saturated rings. The average Bonchev–Trinajstić information content (AvgIpc) is 2.34. The fourth-order valence-electron chi connectivity index (χ4n) is 2.11. The highest BCUT2D eigenvalue weighted by Gasteiger charge is 2.14. The molecule has 2 heterocycles. The first kappa shape index (κ1) is 11.8. The van der Waals surface area contributed by atoms with Crippen LogP contribution in [0.25, 0.3) is 21.9 Å². The second-order valence-electron chi connectivity index (χ2n) is 5.79. The van der Waals surface area contributed by atoms with Gasteiger partial charge in [-0.25, -0.2) is 9.97 Å². The van der Waals surface area contributed by atoms with Crippen LogP contribution in [0, 0.1) is 0 Å². The minimum atomic E-state index is 0.126. The van der Waals surface area contributed by atoms with Gasteiger partial charge in [0.05, 0.1) is 5.52 Å². The molecular weight excluding hydrogens is 236 g/mol. The Labute approximate surface area is 111 Å². The van der Waals surface area contributed by atoms with Crippen molar-refractivity contribution in [1.29, 1.82) is 0 Å². The molecule has 0 amide bonds. The van der Waals surface area contributed by atoms with Gasteiger partial charge in [-0.2, -0.15) is 4.98 Å². The Morgan fingerprint density at radius 2 is 1.79 bits per heavy atom. The molecule has 4 heteroatoms. The minimum absolute atomic E-state index is 0.126. The van der Waals surface area contributed by atoms with E-state index in [-0.39, 0.29) is 11.4 Å². The van der Waals surface area contributed by atoms with E-state index in [1.165, 1.54) is 5.56 Å². The van der Waals surface area contributed by atoms with Crippen LogP contribution in [0.1, 0.15) is 26.3 Å². The van der Waals surface area contributed by atoms with Crippen molar-refractivity contribution in [2.45, 2.75) is 26.2 Å². The summed E-state index contributed by atoms with van der Waals surface area (Å²) in [5.74, 6) is 0.255. The van der Waals surface area contributed by atoms with Crippen LogP contribution in [-0.2, 0) is 5.41 Å². The molecule has 4 nitrogen and oxygen atoms in total. The van der Waals surface area contributed by atoms with Gasteiger partial charge in [-0.1, -0.05) is 26.8 Å². The summed E-state index contributed by atoms with van der Waals surface area (Å²) in [6, 6.07) is 8.39. The summed E-state index contributed by atoms with van der Waals surface area (Å²) in [6.07, 6.45) is 1.72. The second-order valence-corrected chi connectivity index (χ2v) is 5.79. The van der Waals surface area contributed by atoms with Gasteiger partial charge >= 0.3 is 0 Å². The second kappa shape index (κ2) is 3.88. The van der Waals surface area contributed by atoms with Gasteiger partial charge in [0.2, 0.25) is 5.95 Å². The molecule has 2 N–H and O–H groups in total. The SMILES string of the molecule is CC(C)(C)c1ccc2nc3nc(N)ncc3cc2c1. The van der Waals surface area contributed by atoms with Crippen molar-refractivity contribution in [3.05, 3.63) is 36.0 Å². The van der Waals surface area contributed by atoms with Crippen LogP contribution in [0.15, 0.2) is 30.5 Å². The van der Waals surface area contributed by atoms with Gasteiger partial charge < -0.3 is 5.73 Å². The van der Waals surface area contributed by atoms with E-state index < -0.39 is 0 Å². The molecule has 0 bridgehead atoms. The molecule has 96 valence electrons. The Balaban J connectivity index is 2.29. The van der Waals surface area contributed by atoms with E-state index in [2.05, 4.69) is 53.9 Å². The highest BCUT2D eigenvalue weighted by molar-refractivity contribution is 5.91. The normalized spacial score (nSPS) is 12.2. The topological polar surface area (TPSA) is 64.7 Å². The number of nitrogens with two attached hydrogens (primary N) is 1. The van der Waals surface area contributed by atoms with Crippen molar-refractivity contribution < 1.29 is 0 Å². The molecule has 0 radical (unpaired) electrons. The number of rotatable bonds is 0. The van der Waals surface area contributed by atoms with E-state index in [4.69, 9.17) is 5.73 Å². The fourth-order valence-corrected chi connectivity index (χ4v) is 2.11. The third-order valence-electron chi connectivity index (χ3n) is 3.25. The Bertz CT molecular complexity index is 772. The molecule has 0 aliphatic rings. The first-order valence-corrected chi connectivity index (χ1v) is 6.27. The lowest BCUT2D eigenvalue weighted by molar-refractivity contribution is 0.591. The van der Waals surface area contributed by atoms with Gasteiger partial charge in [-0.3, -0.25) is 0 Å². The molecule has 0 aliphatic carbocycles. The summed E-state index contributed by atoms with van der Waals surface area (Å²) < 4.78 is 0. The number of nitrogen functional groups attached to an aromatic ring is 1. The largest absolute Gasteiger partial charge is 0.368 e. The Hall–Kier alpha value is -2.23. The summed E-state index contributed by atoms with van der Waals surface area (Å²) >= 11 is 0. The van der Waals surface area contributed by atoms with Crippen LogP contribution in [0.5, 0.6) is 0 Å². The molecule has 1 aromatic carbocycles. The van der Waals surface area contributed by atoms with Crippen LogP contribution in [0.4, 0.5) is 5.95 Å². The number of hydrogen-bond acceptors (Lipinski definition) is 4. The zero-order valence-electron chi connectivity index (χ0n) is 11.3. The van der Waals surface area contributed by atoms with E-state index in [0.29, 0.717) is 5.65 Å². The van der Waals surface area contributed by atoms with Crippen LogP contribution in [0.2, 0.25) is 0 Å². The van der Waals surface area contributed by atoms with E-state index >= 15 is 0 Å². The number of benzene rings is 1. The summed E-state index contributed by atoms with van der Waals surface area (Å²) in [5, 5.41) is 2.01. The number of anilines is 1. The number of aromatic nitrogens is 3. The number of pyridine rings is 1. The van der Waals surface area contributed by atoms with Crippen molar-refractivity contribution in [3.63, 3.8) is 0 Å². The molecular formula is C15H16N4. The van der Waals surface area contributed by atoms with Crippen LogP contribution in [0.3, 0.4) is 0 Å². The first-order valence-electron chi connectivity index (χ1n) is 6.27. The lowest BCUT2D eigenvalue weighted by atomic mass is 9.86. The molecule has 3 aromatic rings. The van der Waals surface area contributed by atoms with Gasteiger partial charge in [0, 0.05) is 17.0 Å². The predicted molar refractivity (Wildman–Crippen MR) is 78.0 cm³/mol. The van der Waals surface area contributed by atoms with Crippen molar-refractivity contribution in [1.82, 2.24) is 15.0 Å². The molecule has 19 heavy (non-hydrogen) atoms. The molecule has 3 rings (SSSR count). The van der Waals surface area contributed by atoms with Gasteiger partial charge in [-0.05, 0) is 29.2 Å². The third-order valence-corrected chi connectivity index (χ3v) is 3.25. The summed E-state index contributed by atoms with van der Waals surface area (Å²) in [6.45, 7) is 6.60. The fraction of sp³-hybridized carbons (Fsp3) is 0.267. The van der Waals surface area contributed by atoms with Crippen LogP contribution >= 0.6 is 0 Å². The van der Waals surface area contributed by atoms with Crippen LogP contribution in [-0.4, -0.2) is 15.0 Å². The molecule has 0 spiro atoms.